The minimum absolute atomic E-state index is 0.0433. The first-order chi connectivity index (χ1) is 32.4. The molecule has 9 nitrogen and oxygen atoms in total. The molecule has 3 atom stereocenters. The van der Waals surface area contributed by atoms with Crippen molar-refractivity contribution in [3.05, 3.63) is 85.1 Å². The Balaban J connectivity index is 5.55. The number of ether oxygens (including phenoxy) is 1. The molecule has 0 saturated heterocycles. The summed E-state index contributed by atoms with van der Waals surface area (Å²) in [6.07, 6.45) is 60.0. The van der Waals surface area contributed by atoms with Crippen molar-refractivity contribution in [1.82, 2.24) is 5.32 Å². The van der Waals surface area contributed by atoms with Crippen molar-refractivity contribution in [3.63, 3.8) is 0 Å². The molecule has 0 heterocycles. The van der Waals surface area contributed by atoms with Gasteiger partial charge in [0.1, 0.15) is 19.3 Å². The molecule has 0 saturated carbocycles. The molecule has 3 unspecified atom stereocenters. The lowest BCUT2D eigenvalue weighted by Crippen LogP contribution is -2.47. The second-order valence-corrected chi connectivity index (χ2v) is 20.4. The number of amides is 1. The Morgan fingerprint density at radius 3 is 1.42 bits per heavy atom. The first kappa shape index (κ1) is 64.2. The summed E-state index contributed by atoms with van der Waals surface area (Å²) in [7, 11) is 1.11. The fourth-order valence-electron chi connectivity index (χ4n) is 7.09. The molecule has 0 spiro atoms. The number of nitrogens with zero attached hydrogens (tertiary/aromatic N) is 1. The minimum atomic E-state index is -4.72. The number of phosphoric ester groups is 1. The highest BCUT2D eigenvalue weighted by atomic mass is 31.2. The molecular formula is C57H101N2O7P. The van der Waals surface area contributed by atoms with Crippen LogP contribution >= 0.6 is 7.82 Å². The summed E-state index contributed by atoms with van der Waals surface area (Å²) in [5.74, 6) is -0.692. The second kappa shape index (κ2) is 46.9. The lowest BCUT2D eigenvalue weighted by atomic mass is 10.1. The van der Waals surface area contributed by atoms with Crippen LogP contribution in [0.3, 0.4) is 0 Å². The number of quaternary nitrogens is 1. The van der Waals surface area contributed by atoms with Gasteiger partial charge in [0.25, 0.3) is 7.82 Å². The van der Waals surface area contributed by atoms with Gasteiger partial charge in [-0.2, -0.15) is 0 Å². The molecule has 0 aliphatic carbocycles. The molecule has 0 bridgehead atoms. The lowest BCUT2D eigenvalue weighted by Gasteiger charge is -2.30. The van der Waals surface area contributed by atoms with Gasteiger partial charge in [0.2, 0.25) is 5.91 Å². The van der Waals surface area contributed by atoms with Gasteiger partial charge < -0.3 is 28.5 Å². The summed E-state index contributed by atoms with van der Waals surface area (Å²) < 4.78 is 30.0. The van der Waals surface area contributed by atoms with Crippen LogP contribution in [0.4, 0.5) is 0 Å². The number of esters is 1. The van der Waals surface area contributed by atoms with Crippen LogP contribution in [-0.2, 0) is 27.9 Å². The van der Waals surface area contributed by atoms with E-state index in [4.69, 9.17) is 13.8 Å². The van der Waals surface area contributed by atoms with Gasteiger partial charge in [-0.15, -0.1) is 0 Å². The molecule has 0 aliphatic heterocycles. The average molecular weight is 957 g/mol. The Bertz CT molecular complexity index is 1430. The van der Waals surface area contributed by atoms with E-state index in [1.54, 1.807) is 6.08 Å². The summed E-state index contributed by atoms with van der Waals surface area (Å²) >= 11 is 0. The molecule has 67 heavy (non-hydrogen) atoms. The van der Waals surface area contributed by atoms with Crippen molar-refractivity contribution in [2.75, 3.05) is 40.9 Å². The summed E-state index contributed by atoms with van der Waals surface area (Å²) in [6, 6.07) is -0.942. The molecule has 10 heteroatoms. The number of carbonyl (C=O) groups is 2. The molecule has 0 aromatic carbocycles. The van der Waals surface area contributed by atoms with Crippen LogP contribution in [-0.4, -0.2) is 69.4 Å². The highest BCUT2D eigenvalue weighted by Gasteiger charge is 2.27. The maximum Gasteiger partial charge on any atom is 0.306 e. The topological polar surface area (TPSA) is 114 Å². The summed E-state index contributed by atoms with van der Waals surface area (Å²) in [5, 5.41) is 2.95. The Labute approximate surface area is 412 Å². The van der Waals surface area contributed by atoms with Crippen molar-refractivity contribution >= 4 is 19.7 Å². The van der Waals surface area contributed by atoms with Gasteiger partial charge in [0.15, 0.2) is 0 Å². The first-order valence-electron chi connectivity index (χ1n) is 26.9. The van der Waals surface area contributed by atoms with Crippen LogP contribution in [0.25, 0.3) is 0 Å². The standard InChI is InChI=1S/C57H101N2O7P/c1-7-10-13-16-19-22-25-27-28-29-30-32-35-38-41-44-47-50-57(61)66-55(48-45-42-39-36-33-24-21-18-15-12-9-3)54(53-65-67(62,63)64-52-51-59(4,5)6)58-56(60)49-46-43-40-37-34-31-26-23-20-17-14-11-8-2/h19,22,27-28,30-32,34,38,40-41,43,45,48,54-55H,7-18,20-21,23-26,29,33,35-37,39,42,44,46-47,49-53H2,1-6H3,(H-,58,60,62,63)/b22-19-,28-27-,32-30-,34-31-,41-38-,43-40+,48-45+. The van der Waals surface area contributed by atoms with E-state index in [9.17, 15) is 19.0 Å². The maximum atomic E-state index is 13.4. The van der Waals surface area contributed by atoms with Crippen molar-refractivity contribution in [3.8, 4) is 0 Å². The number of carbonyl (C=O) groups excluding carboxylic acids is 2. The van der Waals surface area contributed by atoms with E-state index >= 15 is 0 Å². The SMILES string of the molecule is CCCCC/C=C\C/C=C\C/C=C\C/C=C\CCCC(=O)OC(/C=C/CCCCCCCCCCC)C(COP(=O)([O-])OCC[N+](C)(C)C)NC(=O)CC/C=C/C/C=C\CCCCCCCC. The number of hydrogen-bond donors (Lipinski definition) is 1. The third-order valence-electron chi connectivity index (χ3n) is 11.3. The Kier molecular flexibility index (Phi) is 44.9. The van der Waals surface area contributed by atoms with Gasteiger partial charge in [-0.05, 0) is 89.5 Å². The van der Waals surface area contributed by atoms with Crippen LogP contribution in [0.5, 0.6) is 0 Å². The van der Waals surface area contributed by atoms with Crippen molar-refractivity contribution < 1.29 is 37.3 Å². The molecule has 1 N–H and O–H groups in total. The molecule has 0 aliphatic rings. The third kappa shape index (κ3) is 48.0. The molecule has 0 aromatic heterocycles. The van der Waals surface area contributed by atoms with Gasteiger partial charge >= 0.3 is 5.97 Å². The molecule has 1 amide bonds. The van der Waals surface area contributed by atoms with Gasteiger partial charge in [-0.25, -0.2) is 0 Å². The molecular weight excluding hydrogens is 856 g/mol. The Hall–Kier alpha value is -2.81. The highest BCUT2D eigenvalue weighted by molar-refractivity contribution is 7.45. The quantitative estimate of drug-likeness (QED) is 0.0212. The van der Waals surface area contributed by atoms with E-state index in [0.717, 1.165) is 57.8 Å². The van der Waals surface area contributed by atoms with Gasteiger partial charge in [0.05, 0.1) is 33.8 Å². The zero-order valence-corrected chi connectivity index (χ0v) is 44.7. The number of hydrogen-bond acceptors (Lipinski definition) is 7. The molecule has 0 radical (unpaired) electrons. The molecule has 0 rings (SSSR count). The molecule has 0 fully saturated rings. The smallest absolute Gasteiger partial charge is 0.306 e. The fraction of sp³-hybridized carbons (Fsp3) is 0.719. The van der Waals surface area contributed by atoms with E-state index in [0.29, 0.717) is 23.9 Å². The Morgan fingerprint density at radius 2 is 0.925 bits per heavy atom. The van der Waals surface area contributed by atoms with E-state index in [1.807, 2.05) is 33.3 Å². The van der Waals surface area contributed by atoms with E-state index in [-0.39, 0.29) is 25.4 Å². The van der Waals surface area contributed by atoms with Gasteiger partial charge in [-0.3, -0.25) is 14.2 Å². The largest absolute Gasteiger partial charge is 0.756 e. The molecule has 0 aromatic rings. The van der Waals surface area contributed by atoms with E-state index < -0.39 is 32.5 Å². The van der Waals surface area contributed by atoms with Gasteiger partial charge in [0, 0.05) is 12.8 Å². The number of likely N-dealkylation sites (N-methyl/N-ethyl adjacent to an activating group) is 1. The summed E-state index contributed by atoms with van der Waals surface area (Å²) in [5.41, 5.74) is 0. The monoisotopic (exact) mass is 957 g/mol. The van der Waals surface area contributed by atoms with Crippen LogP contribution in [0.1, 0.15) is 213 Å². The first-order valence-corrected chi connectivity index (χ1v) is 28.4. The second-order valence-electron chi connectivity index (χ2n) is 19.0. The van der Waals surface area contributed by atoms with Crippen molar-refractivity contribution in [2.45, 2.75) is 226 Å². The van der Waals surface area contributed by atoms with Crippen LogP contribution in [0.15, 0.2) is 85.1 Å². The van der Waals surface area contributed by atoms with Crippen molar-refractivity contribution in [1.29, 1.82) is 0 Å². The maximum absolute atomic E-state index is 13.4. The number of allylic oxidation sites excluding steroid dienone is 13. The van der Waals surface area contributed by atoms with Gasteiger partial charge in [-0.1, -0.05) is 196 Å². The van der Waals surface area contributed by atoms with Crippen LogP contribution < -0.4 is 10.2 Å². The third-order valence-corrected chi connectivity index (χ3v) is 12.3. The zero-order valence-electron chi connectivity index (χ0n) is 43.8. The molecule has 386 valence electrons. The highest BCUT2D eigenvalue weighted by Crippen LogP contribution is 2.38. The Morgan fingerprint density at radius 1 is 0.522 bits per heavy atom. The predicted molar refractivity (Wildman–Crippen MR) is 284 cm³/mol. The van der Waals surface area contributed by atoms with Crippen molar-refractivity contribution in [2.24, 2.45) is 0 Å². The number of unbranched alkanes of at least 4 members (excludes halogenated alkanes) is 19. The summed E-state index contributed by atoms with van der Waals surface area (Å²) in [4.78, 5) is 39.6. The average Bonchev–Trinajstić information content (AvgIpc) is 3.28. The number of phosphoric acid groups is 1. The number of nitrogens with one attached hydrogen (secondary N) is 1. The van der Waals surface area contributed by atoms with E-state index in [1.165, 1.54) is 109 Å². The predicted octanol–water partition coefficient (Wildman–Crippen LogP) is 15.2. The fourth-order valence-corrected chi connectivity index (χ4v) is 7.81. The van der Waals surface area contributed by atoms with E-state index in [2.05, 4.69) is 92.9 Å². The summed E-state index contributed by atoms with van der Waals surface area (Å²) in [6.45, 7) is 6.69. The van der Waals surface area contributed by atoms with Crippen LogP contribution in [0.2, 0.25) is 0 Å². The zero-order chi connectivity index (χ0) is 49.4. The number of rotatable bonds is 47. The lowest BCUT2D eigenvalue weighted by molar-refractivity contribution is -0.870. The van der Waals surface area contributed by atoms with Crippen LogP contribution in [0, 0.1) is 0 Å². The normalized spacial score (nSPS) is 14.6. The minimum Gasteiger partial charge on any atom is -0.756 e.